The van der Waals surface area contributed by atoms with E-state index in [-0.39, 0.29) is 12.3 Å². The Balaban J connectivity index is 1.56. The fourth-order valence-corrected chi connectivity index (χ4v) is 3.38. The molecular formula is C19H27N3O5. The molecule has 1 amide bonds. The molecule has 2 heterocycles. The van der Waals surface area contributed by atoms with Gasteiger partial charge in [-0.3, -0.25) is 9.59 Å². The number of ether oxygens (including phenoxy) is 2. The van der Waals surface area contributed by atoms with Crippen LogP contribution in [0, 0.1) is 5.92 Å². The third-order valence-electron chi connectivity index (χ3n) is 4.90. The fourth-order valence-electron chi connectivity index (χ4n) is 3.38. The van der Waals surface area contributed by atoms with Gasteiger partial charge in [0.15, 0.2) is 11.5 Å². The lowest BCUT2D eigenvalue weighted by Crippen LogP contribution is -2.37. The summed E-state index contributed by atoms with van der Waals surface area (Å²) in [7, 11) is 2.07. The van der Waals surface area contributed by atoms with Crippen LogP contribution in [-0.2, 0) is 9.59 Å². The highest BCUT2D eigenvalue weighted by molar-refractivity contribution is 5.93. The minimum Gasteiger partial charge on any atom is -0.486 e. The van der Waals surface area contributed by atoms with E-state index in [0.29, 0.717) is 36.9 Å². The van der Waals surface area contributed by atoms with Crippen molar-refractivity contribution in [1.82, 2.24) is 9.80 Å². The van der Waals surface area contributed by atoms with E-state index in [0.717, 1.165) is 32.6 Å². The van der Waals surface area contributed by atoms with Crippen molar-refractivity contribution in [2.75, 3.05) is 58.3 Å². The molecule has 1 aromatic carbocycles. The predicted octanol–water partition coefficient (Wildman–Crippen LogP) is 1.12. The summed E-state index contributed by atoms with van der Waals surface area (Å²) in [5.74, 6) is -0.752. The van der Waals surface area contributed by atoms with Gasteiger partial charge in [-0.25, -0.2) is 0 Å². The summed E-state index contributed by atoms with van der Waals surface area (Å²) in [6.07, 6.45) is 0.947. The van der Waals surface area contributed by atoms with Crippen LogP contribution in [0.1, 0.15) is 12.8 Å². The molecule has 1 atom stereocenters. The molecule has 0 bridgehead atoms. The van der Waals surface area contributed by atoms with E-state index in [2.05, 4.69) is 22.2 Å². The number of nitrogens with one attached hydrogen (secondary N) is 1. The lowest BCUT2D eigenvalue weighted by molar-refractivity contribution is -0.144. The number of hydrogen-bond acceptors (Lipinski definition) is 6. The van der Waals surface area contributed by atoms with Crippen LogP contribution in [0.3, 0.4) is 0 Å². The van der Waals surface area contributed by atoms with Crippen LogP contribution in [0.5, 0.6) is 11.5 Å². The molecule has 2 aliphatic rings. The highest BCUT2D eigenvalue weighted by Crippen LogP contribution is 2.32. The van der Waals surface area contributed by atoms with Gasteiger partial charge in [-0.05, 0) is 38.7 Å². The molecule has 0 aromatic heterocycles. The second-order valence-corrected chi connectivity index (χ2v) is 7.10. The van der Waals surface area contributed by atoms with Crippen molar-refractivity contribution in [3.8, 4) is 11.5 Å². The maximum atomic E-state index is 12.4. The largest absolute Gasteiger partial charge is 0.486 e. The lowest BCUT2D eigenvalue weighted by atomic mass is 10.0. The summed E-state index contributed by atoms with van der Waals surface area (Å²) in [5.41, 5.74) is 0.574. The SMILES string of the molecule is CN1CCCN(CC(CC(=O)Nc2ccc3c(c2)OCCO3)C(=O)O)CC1. The summed E-state index contributed by atoms with van der Waals surface area (Å²) in [4.78, 5) is 28.4. The van der Waals surface area contributed by atoms with Gasteiger partial charge in [0, 0.05) is 37.8 Å². The van der Waals surface area contributed by atoms with Gasteiger partial charge < -0.3 is 29.7 Å². The third-order valence-corrected chi connectivity index (χ3v) is 4.90. The van der Waals surface area contributed by atoms with E-state index in [1.54, 1.807) is 18.2 Å². The number of carbonyl (C=O) groups excluding carboxylic acids is 1. The average Bonchev–Trinajstić information content (AvgIpc) is 2.85. The number of carboxylic acid groups (broad SMARTS) is 1. The van der Waals surface area contributed by atoms with Crippen LogP contribution in [0.15, 0.2) is 18.2 Å². The van der Waals surface area contributed by atoms with Crippen molar-refractivity contribution < 1.29 is 24.2 Å². The van der Waals surface area contributed by atoms with Gasteiger partial charge in [-0.2, -0.15) is 0 Å². The van der Waals surface area contributed by atoms with Gasteiger partial charge in [0.05, 0.1) is 5.92 Å². The van der Waals surface area contributed by atoms with E-state index in [4.69, 9.17) is 9.47 Å². The molecule has 1 fully saturated rings. The Bertz CT molecular complexity index is 681. The first-order valence-corrected chi connectivity index (χ1v) is 9.34. The molecule has 8 heteroatoms. The van der Waals surface area contributed by atoms with E-state index in [9.17, 15) is 14.7 Å². The lowest BCUT2D eigenvalue weighted by Gasteiger charge is -2.24. The quantitative estimate of drug-likeness (QED) is 0.768. The molecule has 27 heavy (non-hydrogen) atoms. The second kappa shape index (κ2) is 9.05. The van der Waals surface area contributed by atoms with E-state index in [1.807, 2.05) is 0 Å². The van der Waals surface area contributed by atoms with Crippen LogP contribution in [0.4, 0.5) is 5.69 Å². The Labute approximate surface area is 159 Å². The summed E-state index contributed by atoms with van der Waals surface area (Å²) >= 11 is 0. The van der Waals surface area contributed by atoms with Crippen LogP contribution in [0.25, 0.3) is 0 Å². The first-order valence-electron chi connectivity index (χ1n) is 9.34. The first kappa shape index (κ1) is 19.4. The van der Waals surface area contributed by atoms with Gasteiger partial charge in [-0.1, -0.05) is 0 Å². The Morgan fingerprint density at radius 3 is 2.70 bits per heavy atom. The number of amides is 1. The fraction of sp³-hybridized carbons (Fsp3) is 0.579. The maximum Gasteiger partial charge on any atom is 0.308 e. The van der Waals surface area contributed by atoms with Crippen LogP contribution in [0.2, 0.25) is 0 Å². The van der Waals surface area contributed by atoms with E-state index >= 15 is 0 Å². The molecular weight excluding hydrogens is 350 g/mol. The normalized spacial score (nSPS) is 19.1. The minimum atomic E-state index is -0.940. The molecule has 0 spiro atoms. The number of carbonyl (C=O) groups is 2. The minimum absolute atomic E-state index is 0.0594. The number of aliphatic carboxylic acids is 1. The summed E-state index contributed by atoms with van der Waals surface area (Å²) in [6, 6.07) is 5.17. The van der Waals surface area contributed by atoms with Crippen molar-refractivity contribution in [3.63, 3.8) is 0 Å². The molecule has 0 aliphatic carbocycles. The van der Waals surface area contributed by atoms with Crippen molar-refractivity contribution in [2.24, 2.45) is 5.92 Å². The van der Waals surface area contributed by atoms with Crippen LogP contribution in [-0.4, -0.2) is 79.8 Å². The number of hydrogen-bond donors (Lipinski definition) is 2. The van der Waals surface area contributed by atoms with E-state index < -0.39 is 11.9 Å². The molecule has 148 valence electrons. The number of carboxylic acids is 1. The summed E-state index contributed by atoms with van der Waals surface area (Å²) in [5, 5.41) is 12.3. The number of likely N-dealkylation sites (N-methyl/N-ethyl adjacent to an activating group) is 1. The van der Waals surface area contributed by atoms with Gasteiger partial charge in [-0.15, -0.1) is 0 Å². The second-order valence-electron chi connectivity index (χ2n) is 7.10. The first-order chi connectivity index (χ1) is 13.0. The highest BCUT2D eigenvalue weighted by atomic mass is 16.6. The van der Waals surface area contributed by atoms with Crippen LogP contribution >= 0.6 is 0 Å². The summed E-state index contributed by atoms with van der Waals surface area (Å²) in [6.45, 7) is 4.97. The zero-order valence-electron chi connectivity index (χ0n) is 15.6. The van der Waals surface area contributed by atoms with Crippen LogP contribution < -0.4 is 14.8 Å². The molecule has 8 nitrogen and oxygen atoms in total. The predicted molar refractivity (Wildman–Crippen MR) is 100 cm³/mol. The Hall–Kier alpha value is -2.32. The molecule has 3 rings (SSSR count). The molecule has 0 saturated carbocycles. The average molecular weight is 377 g/mol. The van der Waals surface area contributed by atoms with Gasteiger partial charge in [0.2, 0.25) is 5.91 Å². The van der Waals surface area contributed by atoms with Gasteiger partial charge in [0.25, 0.3) is 0 Å². The smallest absolute Gasteiger partial charge is 0.308 e. The highest BCUT2D eigenvalue weighted by Gasteiger charge is 2.25. The van der Waals surface area contributed by atoms with E-state index in [1.165, 1.54) is 0 Å². The number of fused-ring (bicyclic) bond motifs is 1. The third kappa shape index (κ3) is 5.58. The standard InChI is InChI=1S/C19H27N3O5/c1-21-5-2-6-22(8-7-21)13-14(19(24)25)11-18(23)20-15-3-4-16-17(12-15)27-10-9-26-16/h3-4,12,14H,2,5-11,13H2,1H3,(H,20,23)(H,24,25). The molecule has 2 N–H and O–H groups in total. The molecule has 0 radical (unpaired) electrons. The molecule has 1 unspecified atom stereocenters. The Morgan fingerprint density at radius 2 is 1.93 bits per heavy atom. The van der Waals surface area contributed by atoms with Crippen molar-refractivity contribution >= 4 is 17.6 Å². The number of nitrogens with zero attached hydrogens (tertiary/aromatic N) is 2. The topological polar surface area (TPSA) is 91.3 Å². The molecule has 1 aromatic rings. The Kier molecular flexibility index (Phi) is 6.52. The zero-order chi connectivity index (χ0) is 19.2. The number of rotatable bonds is 6. The molecule has 1 saturated heterocycles. The van der Waals surface area contributed by atoms with Gasteiger partial charge >= 0.3 is 5.97 Å². The summed E-state index contributed by atoms with van der Waals surface area (Å²) < 4.78 is 11.0. The maximum absolute atomic E-state index is 12.4. The number of anilines is 1. The number of benzene rings is 1. The van der Waals surface area contributed by atoms with Gasteiger partial charge in [0.1, 0.15) is 13.2 Å². The Morgan fingerprint density at radius 1 is 1.15 bits per heavy atom. The molecule has 2 aliphatic heterocycles. The van der Waals surface area contributed by atoms with Crippen molar-refractivity contribution in [1.29, 1.82) is 0 Å². The monoisotopic (exact) mass is 377 g/mol. The van der Waals surface area contributed by atoms with Crippen molar-refractivity contribution in [2.45, 2.75) is 12.8 Å². The van der Waals surface area contributed by atoms with Crippen molar-refractivity contribution in [3.05, 3.63) is 18.2 Å². The zero-order valence-corrected chi connectivity index (χ0v) is 15.6.